The molecule has 1 aromatic carbocycles. The first kappa shape index (κ1) is 13.3. The molecule has 0 saturated carbocycles. The number of aromatic nitrogens is 2. The molecule has 1 aliphatic heterocycles. The minimum absolute atomic E-state index is 0.499. The SMILES string of the molecule is Cc1ccc(-c2nnc(CN3CCNC[C@H]3C)o2)cc1. The summed E-state index contributed by atoms with van der Waals surface area (Å²) in [6.07, 6.45) is 0. The van der Waals surface area contributed by atoms with Crippen molar-refractivity contribution in [2.24, 2.45) is 0 Å². The van der Waals surface area contributed by atoms with Crippen molar-refractivity contribution in [1.82, 2.24) is 20.4 Å². The molecule has 2 aromatic rings. The molecule has 0 aliphatic carbocycles. The molecule has 1 atom stereocenters. The van der Waals surface area contributed by atoms with E-state index in [-0.39, 0.29) is 0 Å². The Kier molecular flexibility index (Phi) is 3.80. The lowest BCUT2D eigenvalue weighted by Crippen LogP contribution is -2.49. The van der Waals surface area contributed by atoms with Gasteiger partial charge in [-0.15, -0.1) is 10.2 Å². The topological polar surface area (TPSA) is 54.2 Å². The Morgan fingerprint density at radius 1 is 1.30 bits per heavy atom. The number of rotatable bonds is 3. The van der Waals surface area contributed by atoms with Gasteiger partial charge in [-0.2, -0.15) is 0 Å². The van der Waals surface area contributed by atoms with Gasteiger partial charge >= 0.3 is 0 Å². The normalized spacial score (nSPS) is 20.2. The van der Waals surface area contributed by atoms with Crippen LogP contribution < -0.4 is 5.32 Å². The van der Waals surface area contributed by atoms with Gasteiger partial charge in [-0.3, -0.25) is 4.90 Å². The van der Waals surface area contributed by atoms with Crippen LogP contribution in [0, 0.1) is 6.92 Å². The monoisotopic (exact) mass is 272 g/mol. The Morgan fingerprint density at radius 2 is 2.10 bits per heavy atom. The van der Waals surface area contributed by atoms with Gasteiger partial charge in [0, 0.05) is 31.2 Å². The van der Waals surface area contributed by atoms with Crippen molar-refractivity contribution in [2.75, 3.05) is 19.6 Å². The van der Waals surface area contributed by atoms with E-state index in [1.165, 1.54) is 5.56 Å². The van der Waals surface area contributed by atoms with Crippen molar-refractivity contribution in [3.63, 3.8) is 0 Å². The van der Waals surface area contributed by atoms with Crippen molar-refractivity contribution in [1.29, 1.82) is 0 Å². The molecule has 1 N–H and O–H groups in total. The second-order valence-corrected chi connectivity index (χ2v) is 5.39. The number of hydrogen-bond donors (Lipinski definition) is 1. The summed E-state index contributed by atoms with van der Waals surface area (Å²) in [6.45, 7) is 8.05. The first-order chi connectivity index (χ1) is 9.72. The van der Waals surface area contributed by atoms with Crippen LogP contribution in [0.25, 0.3) is 11.5 Å². The van der Waals surface area contributed by atoms with Gasteiger partial charge in [0.15, 0.2) is 0 Å². The molecule has 5 heteroatoms. The Bertz CT molecular complexity index is 564. The highest BCUT2D eigenvalue weighted by molar-refractivity contribution is 5.52. The molecule has 0 spiro atoms. The van der Waals surface area contributed by atoms with Crippen LogP contribution in [0.1, 0.15) is 18.4 Å². The van der Waals surface area contributed by atoms with Gasteiger partial charge in [0.2, 0.25) is 11.8 Å². The maximum atomic E-state index is 5.78. The maximum Gasteiger partial charge on any atom is 0.247 e. The lowest BCUT2D eigenvalue weighted by molar-refractivity contribution is 0.151. The zero-order valence-corrected chi connectivity index (χ0v) is 12.0. The molecule has 1 aromatic heterocycles. The minimum Gasteiger partial charge on any atom is -0.419 e. The van der Waals surface area contributed by atoms with Gasteiger partial charge in [-0.1, -0.05) is 17.7 Å². The van der Waals surface area contributed by atoms with Crippen LogP contribution in [0.4, 0.5) is 0 Å². The van der Waals surface area contributed by atoms with E-state index in [1.54, 1.807) is 0 Å². The molecule has 0 bridgehead atoms. The van der Waals surface area contributed by atoms with Crippen LogP contribution in [-0.4, -0.2) is 40.8 Å². The molecular formula is C15H20N4O. The molecule has 0 unspecified atom stereocenters. The second kappa shape index (κ2) is 5.73. The summed E-state index contributed by atoms with van der Waals surface area (Å²) in [7, 11) is 0. The Morgan fingerprint density at radius 3 is 2.85 bits per heavy atom. The summed E-state index contributed by atoms with van der Waals surface area (Å²) in [4.78, 5) is 2.36. The molecular weight excluding hydrogens is 252 g/mol. The summed E-state index contributed by atoms with van der Waals surface area (Å²) >= 11 is 0. The molecule has 5 nitrogen and oxygen atoms in total. The first-order valence-electron chi connectivity index (χ1n) is 7.06. The largest absolute Gasteiger partial charge is 0.419 e. The Labute approximate surface area is 119 Å². The predicted molar refractivity (Wildman–Crippen MR) is 77.2 cm³/mol. The Hall–Kier alpha value is -1.72. The fraction of sp³-hybridized carbons (Fsp3) is 0.467. The first-order valence-corrected chi connectivity index (χ1v) is 7.06. The molecule has 3 rings (SSSR count). The average Bonchev–Trinajstić information content (AvgIpc) is 2.91. The summed E-state index contributed by atoms with van der Waals surface area (Å²) in [5.74, 6) is 1.29. The number of piperazine rings is 1. The van der Waals surface area contributed by atoms with E-state index in [9.17, 15) is 0 Å². The van der Waals surface area contributed by atoms with Crippen molar-refractivity contribution in [3.8, 4) is 11.5 Å². The van der Waals surface area contributed by atoms with E-state index >= 15 is 0 Å². The molecule has 1 aliphatic rings. The van der Waals surface area contributed by atoms with E-state index in [1.807, 2.05) is 12.1 Å². The van der Waals surface area contributed by atoms with E-state index in [4.69, 9.17) is 4.42 Å². The third kappa shape index (κ3) is 2.89. The van der Waals surface area contributed by atoms with Crippen LogP contribution >= 0.6 is 0 Å². The lowest BCUT2D eigenvalue weighted by Gasteiger charge is -2.32. The number of benzene rings is 1. The smallest absolute Gasteiger partial charge is 0.247 e. The van der Waals surface area contributed by atoms with Crippen molar-refractivity contribution >= 4 is 0 Å². The van der Waals surface area contributed by atoms with Gasteiger partial charge in [-0.05, 0) is 26.0 Å². The van der Waals surface area contributed by atoms with Gasteiger partial charge in [0.1, 0.15) is 0 Å². The number of nitrogens with zero attached hydrogens (tertiary/aromatic N) is 3. The van der Waals surface area contributed by atoms with Gasteiger partial charge in [0.25, 0.3) is 0 Å². The van der Waals surface area contributed by atoms with E-state index in [0.717, 1.165) is 31.7 Å². The van der Waals surface area contributed by atoms with Gasteiger partial charge in [0.05, 0.1) is 6.54 Å². The number of hydrogen-bond acceptors (Lipinski definition) is 5. The zero-order chi connectivity index (χ0) is 13.9. The van der Waals surface area contributed by atoms with Crippen molar-refractivity contribution in [3.05, 3.63) is 35.7 Å². The molecule has 20 heavy (non-hydrogen) atoms. The fourth-order valence-corrected chi connectivity index (χ4v) is 2.42. The van der Waals surface area contributed by atoms with Crippen LogP contribution in [-0.2, 0) is 6.54 Å². The summed E-state index contributed by atoms with van der Waals surface area (Å²) in [6, 6.07) is 8.63. The summed E-state index contributed by atoms with van der Waals surface area (Å²) in [5, 5.41) is 11.7. The highest BCUT2D eigenvalue weighted by Crippen LogP contribution is 2.19. The highest BCUT2D eigenvalue weighted by atomic mass is 16.4. The average molecular weight is 272 g/mol. The molecule has 2 heterocycles. The van der Waals surface area contributed by atoms with Crippen LogP contribution in [0.3, 0.4) is 0 Å². The summed E-state index contributed by atoms with van der Waals surface area (Å²) in [5.41, 5.74) is 2.20. The molecule has 0 amide bonds. The minimum atomic E-state index is 0.499. The fourth-order valence-electron chi connectivity index (χ4n) is 2.42. The summed E-state index contributed by atoms with van der Waals surface area (Å²) < 4.78 is 5.78. The van der Waals surface area contributed by atoms with E-state index < -0.39 is 0 Å². The van der Waals surface area contributed by atoms with Gasteiger partial charge in [-0.25, -0.2) is 0 Å². The third-order valence-corrected chi connectivity index (χ3v) is 3.74. The molecule has 1 saturated heterocycles. The lowest BCUT2D eigenvalue weighted by atomic mass is 10.1. The predicted octanol–water partition coefficient (Wildman–Crippen LogP) is 1.84. The number of aryl methyl sites for hydroxylation is 1. The highest BCUT2D eigenvalue weighted by Gasteiger charge is 2.20. The van der Waals surface area contributed by atoms with Crippen molar-refractivity contribution in [2.45, 2.75) is 26.4 Å². The van der Waals surface area contributed by atoms with E-state index in [0.29, 0.717) is 17.8 Å². The third-order valence-electron chi connectivity index (χ3n) is 3.74. The molecule has 0 radical (unpaired) electrons. The zero-order valence-electron chi connectivity index (χ0n) is 12.0. The van der Waals surface area contributed by atoms with Crippen LogP contribution in [0.5, 0.6) is 0 Å². The van der Waals surface area contributed by atoms with E-state index in [2.05, 4.69) is 46.4 Å². The van der Waals surface area contributed by atoms with Crippen molar-refractivity contribution < 1.29 is 4.42 Å². The quantitative estimate of drug-likeness (QED) is 0.924. The van der Waals surface area contributed by atoms with Gasteiger partial charge < -0.3 is 9.73 Å². The second-order valence-electron chi connectivity index (χ2n) is 5.39. The standard InChI is InChI=1S/C15H20N4O/c1-11-3-5-13(6-4-11)15-18-17-14(20-15)10-19-8-7-16-9-12(19)2/h3-6,12,16H,7-10H2,1-2H3/t12-/m1/s1. The number of nitrogens with one attached hydrogen (secondary N) is 1. The Balaban J connectivity index is 1.71. The molecule has 106 valence electrons. The van der Waals surface area contributed by atoms with Crippen LogP contribution in [0.2, 0.25) is 0 Å². The molecule has 1 fully saturated rings. The van der Waals surface area contributed by atoms with Crippen LogP contribution in [0.15, 0.2) is 28.7 Å². The maximum absolute atomic E-state index is 5.78.